The Kier molecular flexibility index (Phi) is 31.2. The number of nitrogens with one attached hydrogen (secondary N) is 2. The van der Waals surface area contributed by atoms with E-state index in [2.05, 4.69) is 52.2 Å². The molecule has 0 saturated heterocycles. The number of nitrogens with zero attached hydrogens (tertiary/aromatic N) is 2. The lowest BCUT2D eigenvalue weighted by Crippen LogP contribution is -2.47. The third-order valence-corrected chi connectivity index (χ3v) is 8.17. The van der Waals surface area contributed by atoms with Crippen LogP contribution in [0.5, 0.6) is 0 Å². The van der Waals surface area contributed by atoms with Gasteiger partial charge in [0.2, 0.25) is 0 Å². The average Bonchev–Trinajstić information content (AvgIpc) is 3.03. The Morgan fingerprint density at radius 1 is 0.489 bits per heavy atom. The fourth-order valence-electron chi connectivity index (χ4n) is 5.18. The van der Waals surface area contributed by atoms with Gasteiger partial charge >= 0.3 is 12.1 Å². The number of rotatable bonds is 32. The Morgan fingerprint density at radius 3 is 1.18 bits per heavy atom. The van der Waals surface area contributed by atoms with Crippen LogP contribution >= 0.6 is 0 Å². The maximum Gasteiger partial charge on any atom is 0.317 e. The Bertz CT molecular complexity index is 615. The van der Waals surface area contributed by atoms with Crippen LogP contribution in [-0.2, 0) is 14.2 Å². The van der Waals surface area contributed by atoms with Crippen LogP contribution in [0.1, 0.15) is 144 Å². The SMILES string of the molecule is CCCCCCNC(=O)N(CCCCCC)C(C)COCCOCCOCC(C)N(CCCCCC)C(=O)NCCCCCC. The van der Waals surface area contributed by atoms with Gasteiger partial charge in [0.15, 0.2) is 0 Å². The first-order chi connectivity index (χ1) is 21.9. The number of hydrogen-bond acceptors (Lipinski definition) is 5. The smallest absolute Gasteiger partial charge is 0.317 e. The van der Waals surface area contributed by atoms with Gasteiger partial charge in [-0.1, -0.05) is 105 Å². The molecule has 0 aromatic carbocycles. The molecule has 0 bridgehead atoms. The second kappa shape index (κ2) is 32.4. The molecule has 0 saturated carbocycles. The summed E-state index contributed by atoms with van der Waals surface area (Å²) >= 11 is 0. The van der Waals surface area contributed by atoms with Gasteiger partial charge in [0.1, 0.15) is 0 Å². The van der Waals surface area contributed by atoms with Crippen molar-refractivity contribution in [3.05, 3.63) is 0 Å². The van der Waals surface area contributed by atoms with Crippen LogP contribution < -0.4 is 10.6 Å². The highest BCUT2D eigenvalue weighted by atomic mass is 16.5. The third-order valence-electron chi connectivity index (χ3n) is 8.17. The maximum absolute atomic E-state index is 12.9. The van der Waals surface area contributed by atoms with E-state index in [0.717, 1.165) is 77.5 Å². The molecule has 0 aromatic heterocycles. The minimum absolute atomic E-state index is 0.00514. The number of unbranched alkanes of at least 4 members (excludes halogenated alkanes) is 12. The van der Waals surface area contributed by atoms with Gasteiger partial charge in [-0.15, -0.1) is 0 Å². The van der Waals surface area contributed by atoms with Gasteiger partial charge < -0.3 is 34.6 Å². The molecule has 0 spiro atoms. The summed E-state index contributed by atoms with van der Waals surface area (Å²) in [5.74, 6) is 0. The molecule has 45 heavy (non-hydrogen) atoms. The normalized spacial score (nSPS) is 12.6. The van der Waals surface area contributed by atoms with Crippen molar-refractivity contribution in [2.24, 2.45) is 0 Å². The summed E-state index contributed by atoms with van der Waals surface area (Å²) in [4.78, 5) is 29.7. The molecule has 0 aliphatic carbocycles. The lowest BCUT2D eigenvalue weighted by atomic mass is 10.2. The summed E-state index contributed by atoms with van der Waals surface area (Å²) < 4.78 is 17.5. The highest BCUT2D eigenvalue weighted by molar-refractivity contribution is 5.74. The second-order valence-corrected chi connectivity index (χ2v) is 12.6. The average molecular weight is 643 g/mol. The molecule has 268 valence electrons. The van der Waals surface area contributed by atoms with E-state index >= 15 is 0 Å². The Labute approximate surface area is 278 Å². The number of urea groups is 2. The molecule has 2 atom stereocenters. The molecule has 0 heterocycles. The summed E-state index contributed by atoms with van der Waals surface area (Å²) in [5, 5.41) is 6.23. The first-order valence-corrected chi connectivity index (χ1v) is 18.7. The number of hydrogen-bond donors (Lipinski definition) is 2. The lowest BCUT2D eigenvalue weighted by Gasteiger charge is -2.29. The second-order valence-electron chi connectivity index (χ2n) is 12.6. The zero-order valence-electron chi connectivity index (χ0n) is 30.5. The molecule has 2 N–H and O–H groups in total. The fraction of sp³-hybridized carbons (Fsp3) is 0.944. The Morgan fingerprint density at radius 2 is 0.822 bits per heavy atom. The predicted molar refractivity (Wildman–Crippen MR) is 188 cm³/mol. The van der Waals surface area contributed by atoms with Gasteiger partial charge in [-0.25, -0.2) is 9.59 Å². The molecule has 2 unspecified atom stereocenters. The van der Waals surface area contributed by atoms with Crippen molar-refractivity contribution in [1.82, 2.24) is 20.4 Å². The van der Waals surface area contributed by atoms with E-state index in [1.807, 2.05) is 9.80 Å². The van der Waals surface area contributed by atoms with E-state index in [0.29, 0.717) is 39.6 Å². The van der Waals surface area contributed by atoms with Crippen molar-refractivity contribution in [2.75, 3.05) is 65.8 Å². The largest absolute Gasteiger partial charge is 0.377 e. The summed E-state index contributed by atoms with van der Waals surface area (Å²) in [6, 6.07) is 0.0486. The predicted octanol–water partition coefficient (Wildman–Crippen LogP) is 8.16. The van der Waals surface area contributed by atoms with Crippen LogP contribution in [0.3, 0.4) is 0 Å². The molecule has 0 radical (unpaired) electrons. The molecule has 9 heteroatoms. The summed E-state index contributed by atoms with van der Waals surface area (Å²) in [7, 11) is 0. The van der Waals surface area contributed by atoms with Crippen molar-refractivity contribution in [3.63, 3.8) is 0 Å². The van der Waals surface area contributed by atoms with Crippen LogP contribution in [0.2, 0.25) is 0 Å². The number of carbonyl (C=O) groups excluding carboxylic acids is 2. The van der Waals surface area contributed by atoms with Crippen molar-refractivity contribution < 1.29 is 23.8 Å². The number of carbonyl (C=O) groups is 2. The van der Waals surface area contributed by atoms with Crippen LogP contribution in [0.4, 0.5) is 9.59 Å². The molecule has 0 aliphatic rings. The Hall–Kier alpha value is -1.58. The van der Waals surface area contributed by atoms with Gasteiger partial charge in [0.05, 0.1) is 51.7 Å². The van der Waals surface area contributed by atoms with E-state index in [1.54, 1.807) is 0 Å². The molecule has 0 rings (SSSR count). The standard InChI is InChI=1S/C36H74N4O5/c1-7-11-15-19-23-37-35(41)39(25-21-17-13-9-3)33(5)31-44-29-27-43-28-30-45-32-34(6)40(26-22-18-14-10-4)36(42)38-24-20-16-12-8-2/h33-34H,7-32H2,1-6H3,(H,37,41)(H,38,42). The minimum Gasteiger partial charge on any atom is -0.377 e. The van der Waals surface area contributed by atoms with Gasteiger partial charge in [-0.2, -0.15) is 0 Å². The third kappa shape index (κ3) is 25.2. The monoisotopic (exact) mass is 643 g/mol. The van der Waals surface area contributed by atoms with Crippen LogP contribution in [0, 0.1) is 0 Å². The van der Waals surface area contributed by atoms with Crippen molar-refractivity contribution >= 4 is 12.1 Å². The number of amides is 4. The molecular weight excluding hydrogens is 568 g/mol. The first kappa shape index (κ1) is 43.4. The van der Waals surface area contributed by atoms with Crippen molar-refractivity contribution in [3.8, 4) is 0 Å². The van der Waals surface area contributed by atoms with E-state index in [1.165, 1.54) is 51.4 Å². The Balaban J connectivity index is 4.35. The van der Waals surface area contributed by atoms with Gasteiger partial charge in [0.25, 0.3) is 0 Å². The number of ether oxygens (including phenoxy) is 3. The van der Waals surface area contributed by atoms with E-state index in [-0.39, 0.29) is 24.1 Å². The van der Waals surface area contributed by atoms with Crippen LogP contribution in [0.25, 0.3) is 0 Å². The molecule has 9 nitrogen and oxygen atoms in total. The van der Waals surface area contributed by atoms with Crippen LogP contribution in [0.15, 0.2) is 0 Å². The highest BCUT2D eigenvalue weighted by Gasteiger charge is 2.21. The van der Waals surface area contributed by atoms with E-state index in [4.69, 9.17) is 14.2 Å². The molecular formula is C36H74N4O5. The zero-order valence-corrected chi connectivity index (χ0v) is 30.5. The highest BCUT2D eigenvalue weighted by Crippen LogP contribution is 2.09. The zero-order chi connectivity index (χ0) is 33.4. The van der Waals surface area contributed by atoms with Crippen molar-refractivity contribution in [2.45, 2.75) is 156 Å². The molecule has 4 amide bonds. The lowest BCUT2D eigenvalue weighted by molar-refractivity contribution is -0.00238. The quantitative estimate of drug-likeness (QED) is 0.0723. The summed E-state index contributed by atoms with van der Waals surface area (Å²) in [5.41, 5.74) is 0. The van der Waals surface area contributed by atoms with Crippen LogP contribution in [-0.4, -0.2) is 99.8 Å². The minimum atomic E-state index is 0.00514. The fourth-order valence-corrected chi connectivity index (χ4v) is 5.18. The van der Waals surface area contributed by atoms with E-state index in [9.17, 15) is 9.59 Å². The first-order valence-electron chi connectivity index (χ1n) is 18.7. The van der Waals surface area contributed by atoms with Crippen molar-refractivity contribution in [1.29, 1.82) is 0 Å². The van der Waals surface area contributed by atoms with Gasteiger partial charge in [-0.05, 0) is 39.5 Å². The molecule has 0 fully saturated rings. The molecule has 0 aromatic rings. The maximum atomic E-state index is 12.9. The summed E-state index contributed by atoms with van der Waals surface area (Å²) in [6.45, 7) is 18.8. The summed E-state index contributed by atoms with van der Waals surface area (Å²) in [6.07, 6.45) is 18.3. The molecule has 0 aliphatic heterocycles. The van der Waals surface area contributed by atoms with Gasteiger partial charge in [-0.3, -0.25) is 0 Å². The van der Waals surface area contributed by atoms with E-state index < -0.39 is 0 Å². The topological polar surface area (TPSA) is 92.4 Å². The van der Waals surface area contributed by atoms with Gasteiger partial charge in [0, 0.05) is 26.2 Å².